The van der Waals surface area contributed by atoms with Crippen molar-refractivity contribution >= 4 is 39.3 Å². The van der Waals surface area contributed by atoms with Gasteiger partial charge in [0.25, 0.3) is 0 Å². The zero-order chi connectivity index (χ0) is 20.2. The zero-order valence-electron chi connectivity index (χ0n) is 15.5. The molecule has 1 aromatic heterocycles. The molecule has 0 aliphatic carbocycles. The van der Waals surface area contributed by atoms with E-state index in [0.29, 0.717) is 17.8 Å². The van der Waals surface area contributed by atoms with Gasteiger partial charge in [-0.15, -0.1) is 11.8 Å². The fourth-order valence-electron chi connectivity index (χ4n) is 2.93. The van der Waals surface area contributed by atoms with Gasteiger partial charge in [-0.1, -0.05) is 0 Å². The molecular formula is C17H23NO7S2. The van der Waals surface area contributed by atoms with E-state index in [2.05, 4.69) is 4.98 Å². The number of sulfone groups is 1. The summed E-state index contributed by atoms with van der Waals surface area (Å²) in [6.45, 7) is 4.67. The van der Waals surface area contributed by atoms with Crippen molar-refractivity contribution in [3.8, 4) is 0 Å². The number of esters is 2. The lowest BCUT2D eigenvalue weighted by atomic mass is 10.1. The fourth-order valence-corrected chi connectivity index (χ4v) is 6.37. The topological polar surface area (TPSA) is 120 Å². The van der Waals surface area contributed by atoms with Crippen molar-refractivity contribution in [2.75, 3.05) is 30.5 Å². The number of aryl methyl sites for hydroxylation is 2. The molecule has 0 radical (unpaired) electrons. The second-order valence-corrected chi connectivity index (χ2v) is 9.78. The molecule has 1 N–H and O–H groups in total. The average molecular weight is 418 g/mol. The van der Waals surface area contributed by atoms with E-state index in [4.69, 9.17) is 9.47 Å². The minimum atomic E-state index is -3.00. The monoisotopic (exact) mass is 417 g/mol. The quantitative estimate of drug-likeness (QED) is 0.499. The van der Waals surface area contributed by atoms with Gasteiger partial charge in [-0.3, -0.25) is 9.59 Å². The first kappa shape index (κ1) is 21.5. The summed E-state index contributed by atoms with van der Waals surface area (Å²) in [6, 6.07) is 0. The summed E-state index contributed by atoms with van der Waals surface area (Å²) < 4.78 is 32.8. The van der Waals surface area contributed by atoms with Crippen LogP contribution in [0.4, 0.5) is 0 Å². The van der Waals surface area contributed by atoms with Crippen LogP contribution in [0.25, 0.3) is 0 Å². The standard InChI is InChI=1S/C17H23NO7S2/c1-4-24-17(21)16-11(3)18-10(2)15(16)13(19)7-25-14(20)8-26-12-5-6-27(22,23)9-12/h12,18H,4-9H2,1-3H3/t12-/m1/s1. The zero-order valence-corrected chi connectivity index (χ0v) is 17.1. The van der Waals surface area contributed by atoms with Crippen LogP contribution in [0.2, 0.25) is 0 Å². The number of rotatable bonds is 8. The number of ketones is 1. The summed E-state index contributed by atoms with van der Waals surface area (Å²) in [7, 11) is -3.00. The Labute approximate surface area is 162 Å². The molecule has 0 unspecified atom stereocenters. The molecule has 1 aliphatic heterocycles. The van der Waals surface area contributed by atoms with Crippen molar-refractivity contribution in [3.63, 3.8) is 0 Å². The van der Waals surface area contributed by atoms with Gasteiger partial charge in [0.05, 0.1) is 35.0 Å². The summed E-state index contributed by atoms with van der Waals surface area (Å²) in [4.78, 5) is 39.4. The molecule has 1 atom stereocenters. The van der Waals surface area contributed by atoms with Gasteiger partial charge in [-0.2, -0.15) is 0 Å². The Bertz CT molecular complexity index is 842. The Morgan fingerprint density at radius 1 is 1.15 bits per heavy atom. The molecule has 150 valence electrons. The molecule has 0 spiro atoms. The van der Waals surface area contributed by atoms with E-state index in [1.54, 1.807) is 20.8 Å². The Morgan fingerprint density at radius 3 is 2.41 bits per heavy atom. The third-order valence-corrected chi connectivity index (χ3v) is 7.38. The van der Waals surface area contributed by atoms with Crippen molar-refractivity contribution in [1.82, 2.24) is 4.98 Å². The third-order valence-electron chi connectivity index (χ3n) is 4.13. The minimum Gasteiger partial charge on any atom is -0.462 e. The lowest BCUT2D eigenvalue weighted by Crippen LogP contribution is -2.19. The summed E-state index contributed by atoms with van der Waals surface area (Å²) >= 11 is 1.22. The van der Waals surface area contributed by atoms with Crippen LogP contribution in [0.15, 0.2) is 0 Å². The predicted molar refractivity (Wildman–Crippen MR) is 101 cm³/mol. The van der Waals surface area contributed by atoms with E-state index in [-0.39, 0.29) is 40.2 Å². The first-order valence-electron chi connectivity index (χ1n) is 8.51. The third kappa shape index (κ3) is 5.58. The molecule has 10 heteroatoms. The predicted octanol–water partition coefficient (Wildman–Crippen LogP) is 1.45. The SMILES string of the molecule is CCOC(=O)c1c(C)[nH]c(C)c1C(=O)COC(=O)CS[C@@H]1CCS(=O)(=O)C1. The number of aromatic amines is 1. The van der Waals surface area contributed by atoms with E-state index in [1.807, 2.05) is 0 Å². The van der Waals surface area contributed by atoms with Crippen LogP contribution in [0.3, 0.4) is 0 Å². The minimum absolute atomic E-state index is 0.0245. The van der Waals surface area contributed by atoms with Gasteiger partial charge >= 0.3 is 11.9 Å². The summed E-state index contributed by atoms with van der Waals surface area (Å²) in [5.41, 5.74) is 1.33. The molecule has 0 bridgehead atoms. The number of nitrogens with one attached hydrogen (secondary N) is 1. The van der Waals surface area contributed by atoms with Gasteiger partial charge in [-0.05, 0) is 27.2 Å². The molecule has 8 nitrogen and oxygen atoms in total. The highest BCUT2D eigenvalue weighted by Gasteiger charge is 2.29. The van der Waals surface area contributed by atoms with Crippen LogP contribution < -0.4 is 0 Å². The highest BCUT2D eigenvalue weighted by molar-refractivity contribution is 8.02. The normalized spacial score (nSPS) is 18.3. The molecule has 2 rings (SSSR count). The summed E-state index contributed by atoms with van der Waals surface area (Å²) in [6.07, 6.45) is 0.518. The van der Waals surface area contributed by atoms with E-state index < -0.39 is 34.2 Å². The highest BCUT2D eigenvalue weighted by atomic mass is 32.2. The molecular weight excluding hydrogens is 394 g/mol. The van der Waals surface area contributed by atoms with Gasteiger partial charge in [-0.25, -0.2) is 13.2 Å². The number of hydrogen-bond acceptors (Lipinski definition) is 8. The van der Waals surface area contributed by atoms with E-state index in [1.165, 1.54) is 11.8 Å². The fraction of sp³-hybridized carbons (Fsp3) is 0.588. The van der Waals surface area contributed by atoms with Crippen molar-refractivity contribution in [2.45, 2.75) is 32.4 Å². The van der Waals surface area contributed by atoms with Crippen LogP contribution in [0.5, 0.6) is 0 Å². The van der Waals surface area contributed by atoms with E-state index >= 15 is 0 Å². The Kier molecular flexibility index (Phi) is 7.10. The molecule has 1 aromatic rings. The van der Waals surface area contributed by atoms with Crippen molar-refractivity contribution in [2.24, 2.45) is 0 Å². The van der Waals surface area contributed by atoms with Crippen molar-refractivity contribution < 1.29 is 32.3 Å². The highest BCUT2D eigenvalue weighted by Crippen LogP contribution is 2.24. The molecule has 0 amide bonds. The number of H-pyrrole nitrogens is 1. The molecule has 0 saturated carbocycles. The van der Waals surface area contributed by atoms with Crippen molar-refractivity contribution in [1.29, 1.82) is 0 Å². The molecule has 2 heterocycles. The molecule has 1 fully saturated rings. The van der Waals surface area contributed by atoms with Crippen LogP contribution in [-0.2, 0) is 24.1 Å². The number of Topliss-reactive ketones (excluding diaryl/α,β-unsaturated/α-hetero) is 1. The first-order chi connectivity index (χ1) is 12.6. The van der Waals surface area contributed by atoms with Crippen LogP contribution in [-0.4, -0.2) is 66.8 Å². The maximum atomic E-state index is 12.5. The van der Waals surface area contributed by atoms with Crippen LogP contribution in [0, 0.1) is 13.8 Å². The van der Waals surface area contributed by atoms with Gasteiger partial charge < -0.3 is 14.5 Å². The van der Waals surface area contributed by atoms with E-state index in [9.17, 15) is 22.8 Å². The molecule has 1 saturated heterocycles. The molecule has 0 aromatic carbocycles. The first-order valence-corrected chi connectivity index (χ1v) is 11.4. The number of carbonyl (C=O) groups excluding carboxylic acids is 3. The maximum absolute atomic E-state index is 12.5. The number of ether oxygens (including phenoxy) is 2. The number of carbonyl (C=O) groups is 3. The lowest BCUT2D eigenvalue weighted by molar-refractivity contribution is -0.139. The number of aromatic nitrogens is 1. The van der Waals surface area contributed by atoms with Crippen molar-refractivity contribution in [3.05, 3.63) is 22.5 Å². The maximum Gasteiger partial charge on any atom is 0.340 e. The summed E-state index contributed by atoms with van der Waals surface area (Å²) in [5, 5.41) is -0.122. The molecule has 1 aliphatic rings. The van der Waals surface area contributed by atoms with E-state index in [0.717, 1.165) is 0 Å². The number of thioether (sulfide) groups is 1. The largest absolute Gasteiger partial charge is 0.462 e. The molecule has 27 heavy (non-hydrogen) atoms. The average Bonchev–Trinajstić information content (AvgIpc) is 3.08. The van der Waals surface area contributed by atoms with Gasteiger partial charge in [0, 0.05) is 16.6 Å². The number of hydrogen-bond donors (Lipinski definition) is 1. The van der Waals surface area contributed by atoms with Gasteiger partial charge in [0.15, 0.2) is 16.4 Å². The van der Waals surface area contributed by atoms with Crippen LogP contribution >= 0.6 is 11.8 Å². The smallest absolute Gasteiger partial charge is 0.340 e. The van der Waals surface area contributed by atoms with Crippen LogP contribution in [0.1, 0.15) is 45.4 Å². The lowest BCUT2D eigenvalue weighted by Gasteiger charge is -2.09. The van der Waals surface area contributed by atoms with Gasteiger partial charge in [0.1, 0.15) is 0 Å². The summed E-state index contributed by atoms with van der Waals surface area (Å²) in [5.74, 6) is -1.52. The van der Waals surface area contributed by atoms with Gasteiger partial charge in [0.2, 0.25) is 5.78 Å². The Balaban J connectivity index is 1.92. The second-order valence-electron chi connectivity index (χ2n) is 6.27. The Morgan fingerprint density at radius 2 is 1.81 bits per heavy atom. The second kappa shape index (κ2) is 8.92. The Hall–Kier alpha value is -1.81.